The predicted molar refractivity (Wildman–Crippen MR) is 120 cm³/mol. The van der Waals surface area contributed by atoms with Gasteiger partial charge in [-0.3, -0.25) is 15.6 Å². The smallest absolute Gasteiger partial charge is 0.329 e. The maximum absolute atomic E-state index is 11.8. The molecule has 2 unspecified atom stereocenters. The lowest BCUT2D eigenvalue weighted by molar-refractivity contribution is -0.188. The van der Waals surface area contributed by atoms with E-state index in [1.54, 1.807) is 5.06 Å². The minimum absolute atomic E-state index is 0.00264. The molecule has 1 saturated heterocycles. The van der Waals surface area contributed by atoms with E-state index in [1.165, 1.54) is 6.92 Å². The zero-order valence-electron chi connectivity index (χ0n) is 17.3. The van der Waals surface area contributed by atoms with Gasteiger partial charge in [0.05, 0.1) is 5.84 Å². The molecule has 6 N–H and O–H groups in total. The summed E-state index contributed by atoms with van der Waals surface area (Å²) in [6, 6.07) is 15.5. The van der Waals surface area contributed by atoms with Crippen molar-refractivity contribution in [3.8, 4) is 11.1 Å². The number of fused-ring (bicyclic) bond motifs is 1. The van der Waals surface area contributed by atoms with Gasteiger partial charge >= 0.3 is 5.97 Å². The highest BCUT2D eigenvalue weighted by Gasteiger charge is 2.40. The Labute approximate surface area is 181 Å². The number of nitrogens with zero attached hydrogens (tertiary/aromatic N) is 2. The number of carbonyl (C=O) groups is 1. The number of rotatable bonds is 5. The van der Waals surface area contributed by atoms with Crippen LogP contribution in [0, 0.1) is 16.7 Å². The Hall–Kier alpha value is -3.81. The van der Waals surface area contributed by atoms with Crippen LogP contribution in [0.1, 0.15) is 30.9 Å². The topological polar surface area (TPSA) is 133 Å². The van der Waals surface area contributed by atoms with Crippen molar-refractivity contribution < 1.29 is 9.63 Å². The lowest BCUT2D eigenvalue weighted by atomic mass is 9.96. The summed E-state index contributed by atoms with van der Waals surface area (Å²) in [5.41, 5.74) is 15.7. The minimum atomic E-state index is -0.377. The third-order valence-electron chi connectivity index (χ3n) is 5.74. The number of nitrogens with one attached hydrogen (secondary N) is 2. The Bertz CT molecular complexity index is 1060. The average Bonchev–Trinajstić information content (AvgIpc) is 3.11. The van der Waals surface area contributed by atoms with Crippen molar-refractivity contribution in [1.29, 1.82) is 10.8 Å². The summed E-state index contributed by atoms with van der Waals surface area (Å²) >= 11 is 0. The molecule has 0 saturated carbocycles. The van der Waals surface area contributed by atoms with Gasteiger partial charge in [-0.2, -0.15) is 5.06 Å². The van der Waals surface area contributed by atoms with Crippen molar-refractivity contribution in [2.45, 2.75) is 25.9 Å². The first kappa shape index (κ1) is 20.5. The monoisotopic (exact) mass is 418 g/mol. The Balaban J connectivity index is 1.67. The van der Waals surface area contributed by atoms with Crippen LogP contribution in [0.2, 0.25) is 0 Å². The predicted octanol–water partition coefficient (Wildman–Crippen LogP) is 2.70. The number of benzene rings is 2. The van der Waals surface area contributed by atoms with Crippen molar-refractivity contribution in [3.05, 3.63) is 65.9 Å². The molecule has 1 fully saturated rings. The highest BCUT2D eigenvalue weighted by molar-refractivity contribution is 5.95. The summed E-state index contributed by atoms with van der Waals surface area (Å²) in [6.07, 6.45) is 3.40. The fraction of sp³-hybridized carbons (Fsp3) is 0.261. The fourth-order valence-corrected chi connectivity index (χ4v) is 4.15. The van der Waals surface area contributed by atoms with Gasteiger partial charge in [0.15, 0.2) is 0 Å². The zero-order chi connectivity index (χ0) is 22.1. The van der Waals surface area contributed by atoms with E-state index in [-0.39, 0.29) is 29.7 Å². The van der Waals surface area contributed by atoms with Crippen LogP contribution in [-0.2, 0) is 9.63 Å². The van der Waals surface area contributed by atoms with Crippen LogP contribution in [-0.4, -0.2) is 40.3 Å². The highest BCUT2D eigenvalue weighted by atomic mass is 16.7. The van der Waals surface area contributed by atoms with Crippen LogP contribution in [0.3, 0.4) is 0 Å². The molecule has 160 valence electrons. The summed E-state index contributed by atoms with van der Waals surface area (Å²) in [7, 11) is 0. The molecule has 4 rings (SSSR count). The molecule has 2 aliphatic rings. The van der Waals surface area contributed by atoms with E-state index in [0.717, 1.165) is 35.2 Å². The van der Waals surface area contributed by atoms with Gasteiger partial charge in [-0.25, -0.2) is 0 Å². The van der Waals surface area contributed by atoms with E-state index >= 15 is 0 Å². The summed E-state index contributed by atoms with van der Waals surface area (Å²) in [5, 5.41) is 17.0. The number of amidine groups is 2. The summed E-state index contributed by atoms with van der Waals surface area (Å²) in [6.45, 7) is 2.02. The van der Waals surface area contributed by atoms with Crippen molar-refractivity contribution in [1.82, 2.24) is 9.96 Å². The summed E-state index contributed by atoms with van der Waals surface area (Å²) in [4.78, 5) is 19.5. The molecule has 2 atom stereocenters. The second kappa shape index (κ2) is 8.14. The Morgan fingerprint density at radius 1 is 1.03 bits per heavy atom. The molecule has 0 aromatic heterocycles. The summed E-state index contributed by atoms with van der Waals surface area (Å²) < 4.78 is 0. The van der Waals surface area contributed by atoms with E-state index in [2.05, 4.69) is 4.90 Å². The molecule has 2 aromatic carbocycles. The fourth-order valence-electron chi connectivity index (χ4n) is 4.15. The van der Waals surface area contributed by atoms with Gasteiger partial charge in [0, 0.05) is 36.7 Å². The van der Waals surface area contributed by atoms with E-state index < -0.39 is 0 Å². The number of hydrogen-bond acceptors (Lipinski definition) is 6. The number of piperidine rings is 1. The van der Waals surface area contributed by atoms with Crippen molar-refractivity contribution in [2.24, 2.45) is 17.4 Å². The molecule has 2 aromatic rings. The molecule has 2 aliphatic heterocycles. The Morgan fingerprint density at radius 2 is 1.74 bits per heavy atom. The van der Waals surface area contributed by atoms with Crippen LogP contribution in [0.5, 0.6) is 0 Å². The lowest BCUT2D eigenvalue weighted by Gasteiger charge is -2.38. The molecule has 0 spiro atoms. The van der Waals surface area contributed by atoms with Gasteiger partial charge in [0.2, 0.25) is 0 Å². The molecule has 8 heteroatoms. The largest absolute Gasteiger partial charge is 0.387 e. The Morgan fingerprint density at radius 3 is 2.39 bits per heavy atom. The van der Waals surface area contributed by atoms with Gasteiger partial charge in [-0.05, 0) is 30.0 Å². The first-order valence-electron chi connectivity index (χ1n) is 10.2. The third-order valence-corrected chi connectivity index (χ3v) is 5.74. The SMILES string of the molecule is CC(=O)ON1C(c2cccc(-c3ccc(C(=N)N)cc3)c2)=CN2CC(C(=N)N)CCC21. The molecular formula is C23H26N6O2. The highest BCUT2D eigenvalue weighted by Crippen LogP contribution is 2.38. The first-order chi connectivity index (χ1) is 14.8. The van der Waals surface area contributed by atoms with E-state index in [4.69, 9.17) is 27.1 Å². The van der Waals surface area contributed by atoms with Crippen LogP contribution >= 0.6 is 0 Å². The van der Waals surface area contributed by atoms with Crippen LogP contribution in [0.25, 0.3) is 16.8 Å². The molecule has 0 aliphatic carbocycles. The van der Waals surface area contributed by atoms with Gasteiger partial charge in [-0.15, -0.1) is 0 Å². The van der Waals surface area contributed by atoms with Crippen molar-refractivity contribution in [3.63, 3.8) is 0 Å². The maximum atomic E-state index is 11.8. The average molecular weight is 419 g/mol. The lowest BCUT2D eigenvalue weighted by Crippen LogP contribution is -2.48. The number of nitrogen functional groups attached to an aromatic ring is 1. The second-order valence-electron chi connectivity index (χ2n) is 7.90. The number of hydroxylamine groups is 2. The van der Waals surface area contributed by atoms with E-state index in [0.29, 0.717) is 12.1 Å². The number of hydrogen-bond donors (Lipinski definition) is 4. The van der Waals surface area contributed by atoms with Crippen LogP contribution in [0.15, 0.2) is 54.7 Å². The molecular weight excluding hydrogens is 392 g/mol. The molecule has 31 heavy (non-hydrogen) atoms. The molecule has 2 heterocycles. The molecule has 8 nitrogen and oxygen atoms in total. The third kappa shape index (κ3) is 4.09. The second-order valence-corrected chi connectivity index (χ2v) is 7.90. The maximum Gasteiger partial charge on any atom is 0.329 e. The normalized spacial score (nSPS) is 20.1. The molecule has 0 amide bonds. The van der Waals surface area contributed by atoms with Gasteiger partial charge in [0.25, 0.3) is 0 Å². The zero-order valence-corrected chi connectivity index (χ0v) is 17.3. The van der Waals surface area contributed by atoms with Crippen LogP contribution < -0.4 is 11.5 Å². The standard InChI is InChI=1S/C23H26N6O2/c1-14(30)31-29-20(13-28-12-19(23(26)27)9-10-21(28)29)18-4-2-3-17(11-18)15-5-7-16(8-6-15)22(24)25/h2-8,11,13,19,21H,9-10,12H2,1H3,(H3,24,25)(H3,26,27). The Kier molecular flexibility index (Phi) is 5.37. The van der Waals surface area contributed by atoms with E-state index in [1.807, 2.05) is 54.7 Å². The van der Waals surface area contributed by atoms with Gasteiger partial charge in [0.1, 0.15) is 17.7 Å². The summed E-state index contributed by atoms with van der Waals surface area (Å²) in [5.74, 6) is -0.154. The van der Waals surface area contributed by atoms with Crippen LogP contribution in [0.4, 0.5) is 0 Å². The van der Waals surface area contributed by atoms with Crippen molar-refractivity contribution in [2.75, 3.05) is 6.54 Å². The quantitative estimate of drug-likeness (QED) is 0.436. The minimum Gasteiger partial charge on any atom is -0.387 e. The number of carbonyl (C=O) groups excluding carboxylic acids is 1. The van der Waals surface area contributed by atoms with Gasteiger partial charge < -0.3 is 21.2 Å². The first-order valence-corrected chi connectivity index (χ1v) is 10.2. The van der Waals surface area contributed by atoms with Crippen molar-refractivity contribution >= 4 is 23.3 Å². The van der Waals surface area contributed by atoms with E-state index in [9.17, 15) is 4.79 Å². The molecule has 0 bridgehead atoms. The molecule has 0 radical (unpaired) electrons. The van der Waals surface area contributed by atoms with Gasteiger partial charge in [-0.1, -0.05) is 42.5 Å². The number of nitrogens with two attached hydrogens (primary N) is 2.